The summed E-state index contributed by atoms with van der Waals surface area (Å²) >= 11 is 0. The van der Waals surface area contributed by atoms with E-state index < -0.39 is 24.6 Å². The zero-order valence-corrected chi connectivity index (χ0v) is 14.6. The molecule has 1 aromatic carbocycles. The number of aromatic nitrogens is 2. The van der Waals surface area contributed by atoms with Crippen LogP contribution < -0.4 is 5.59 Å². The normalized spacial score (nSPS) is 11.6. The van der Waals surface area contributed by atoms with Crippen molar-refractivity contribution >= 4 is 29.7 Å². The van der Waals surface area contributed by atoms with Gasteiger partial charge >= 0.3 is 13.2 Å². The number of hydrogen-bond donors (Lipinski definition) is 2. The van der Waals surface area contributed by atoms with Crippen LogP contribution in [-0.2, 0) is 4.74 Å². The Balaban J connectivity index is 2.26. The maximum Gasteiger partial charge on any atom is 0.506 e. The average molecular weight is 356 g/mol. The molecule has 0 aliphatic rings. The van der Waals surface area contributed by atoms with Crippen molar-refractivity contribution in [1.82, 2.24) is 9.55 Å². The van der Waals surface area contributed by atoms with Crippen LogP contribution in [0.1, 0.15) is 20.8 Å². The SMILES string of the molecule is CC(C)(C)OC(=O)n1c(B(O)O)cc2c(-c3ccccc3F)cncc21. The molecule has 2 aromatic heterocycles. The van der Waals surface area contributed by atoms with Crippen LogP contribution in [0.3, 0.4) is 0 Å². The minimum Gasteiger partial charge on any atom is -0.443 e. The number of nitrogens with zero attached hydrogens (tertiary/aromatic N) is 2. The number of rotatable bonds is 2. The van der Waals surface area contributed by atoms with E-state index in [-0.39, 0.29) is 5.59 Å². The van der Waals surface area contributed by atoms with Gasteiger partial charge in [0.1, 0.15) is 11.4 Å². The summed E-state index contributed by atoms with van der Waals surface area (Å²) in [7, 11) is -1.91. The first-order chi connectivity index (χ1) is 12.2. The zero-order valence-electron chi connectivity index (χ0n) is 14.6. The van der Waals surface area contributed by atoms with Gasteiger partial charge in [-0.1, -0.05) is 18.2 Å². The Morgan fingerprint density at radius 2 is 1.88 bits per heavy atom. The van der Waals surface area contributed by atoms with Crippen LogP contribution in [0.2, 0.25) is 0 Å². The summed E-state index contributed by atoms with van der Waals surface area (Å²) in [5.41, 5.74) is 0.167. The molecule has 134 valence electrons. The number of carbonyl (C=O) groups excluding carboxylic acids is 1. The van der Waals surface area contributed by atoms with Crippen LogP contribution in [0.25, 0.3) is 22.0 Å². The standard InChI is InChI=1S/C18H18BFN2O4/c1-18(2,3)26-17(23)22-15-10-21-9-13(11-6-4-5-7-14(11)20)12(15)8-16(22)19(24)25/h4-10,24-25H,1-3H3. The minimum atomic E-state index is -1.91. The number of pyridine rings is 1. The van der Waals surface area contributed by atoms with E-state index in [0.717, 1.165) is 4.57 Å². The summed E-state index contributed by atoms with van der Waals surface area (Å²) in [6.45, 7) is 5.11. The Hall–Kier alpha value is -2.71. The maximum absolute atomic E-state index is 14.2. The molecule has 0 saturated carbocycles. The largest absolute Gasteiger partial charge is 0.506 e. The van der Waals surface area contributed by atoms with Gasteiger partial charge in [0.25, 0.3) is 0 Å². The van der Waals surface area contributed by atoms with Gasteiger partial charge in [0.05, 0.1) is 17.3 Å². The third-order valence-corrected chi connectivity index (χ3v) is 3.76. The van der Waals surface area contributed by atoms with Crippen LogP contribution >= 0.6 is 0 Å². The minimum absolute atomic E-state index is 0.0835. The lowest BCUT2D eigenvalue weighted by atomic mass is 9.86. The second-order valence-corrected chi connectivity index (χ2v) is 6.86. The summed E-state index contributed by atoms with van der Waals surface area (Å²) < 4.78 is 20.6. The maximum atomic E-state index is 14.2. The summed E-state index contributed by atoms with van der Waals surface area (Å²) in [4.78, 5) is 16.7. The van der Waals surface area contributed by atoms with Gasteiger partial charge in [-0.05, 0) is 32.9 Å². The van der Waals surface area contributed by atoms with Crippen LogP contribution in [0.4, 0.5) is 9.18 Å². The molecule has 2 N–H and O–H groups in total. The lowest BCUT2D eigenvalue weighted by Crippen LogP contribution is -2.41. The van der Waals surface area contributed by atoms with Gasteiger partial charge in [-0.25, -0.2) is 9.18 Å². The van der Waals surface area contributed by atoms with E-state index in [0.29, 0.717) is 22.0 Å². The Morgan fingerprint density at radius 1 is 1.19 bits per heavy atom. The molecule has 0 aliphatic heterocycles. The van der Waals surface area contributed by atoms with E-state index in [1.807, 2.05) is 0 Å². The second-order valence-electron chi connectivity index (χ2n) is 6.86. The highest BCUT2D eigenvalue weighted by molar-refractivity contribution is 6.59. The summed E-state index contributed by atoms with van der Waals surface area (Å²) in [6.07, 6.45) is 2.09. The molecule has 8 heteroatoms. The lowest BCUT2D eigenvalue weighted by Gasteiger charge is -2.20. The Kier molecular flexibility index (Phi) is 4.56. The third kappa shape index (κ3) is 3.33. The molecule has 0 saturated heterocycles. The van der Waals surface area contributed by atoms with E-state index in [4.69, 9.17) is 4.74 Å². The number of hydrogen-bond acceptors (Lipinski definition) is 5. The molecule has 0 bridgehead atoms. The molecule has 3 aromatic rings. The number of fused-ring (bicyclic) bond motifs is 1. The third-order valence-electron chi connectivity index (χ3n) is 3.76. The Morgan fingerprint density at radius 3 is 2.50 bits per heavy atom. The van der Waals surface area contributed by atoms with Gasteiger partial charge in [-0.15, -0.1) is 0 Å². The molecule has 0 amide bonds. The second kappa shape index (κ2) is 6.55. The van der Waals surface area contributed by atoms with Crippen molar-refractivity contribution in [2.75, 3.05) is 0 Å². The van der Waals surface area contributed by atoms with Crippen molar-refractivity contribution in [1.29, 1.82) is 0 Å². The van der Waals surface area contributed by atoms with Crippen LogP contribution in [0.15, 0.2) is 42.7 Å². The zero-order chi connectivity index (χ0) is 19.1. The van der Waals surface area contributed by atoms with Gasteiger partial charge in [0, 0.05) is 22.7 Å². The van der Waals surface area contributed by atoms with Crippen molar-refractivity contribution in [3.63, 3.8) is 0 Å². The highest BCUT2D eigenvalue weighted by Gasteiger charge is 2.28. The summed E-state index contributed by atoms with van der Waals surface area (Å²) in [5, 5.41) is 19.9. The molecule has 0 fully saturated rings. The molecular formula is C18H18BFN2O4. The summed E-state index contributed by atoms with van der Waals surface area (Å²) in [5.74, 6) is -0.446. The van der Waals surface area contributed by atoms with Crippen molar-refractivity contribution in [2.24, 2.45) is 0 Å². The smallest absolute Gasteiger partial charge is 0.443 e. The molecule has 26 heavy (non-hydrogen) atoms. The first kappa shape index (κ1) is 18.1. The lowest BCUT2D eigenvalue weighted by molar-refractivity contribution is 0.0547. The molecule has 0 spiro atoms. The molecule has 0 radical (unpaired) electrons. The van der Waals surface area contributed by atoms with Gasteiger partial charge in [-0.2, -0.15) is 0 Å². The Labute approximate surface area is 150 Å². The van der Waals surface area contributed by atoms with Crippen molar-refractivity contribution in [3.8, 4) is 11.1 Å². The highest BCUT2D eigenvalue weighted by Crippen LogP contribution is 2.30. The van der Waals surface area contributed by atoms with Crippen LogP contribution in [0.5, 0.6) is 0 Å². The predicted molar refractivity (Wildman–Crippen MR) is 96.6 cm³/mol. The summed E-state index contributed by atoms with van der Waals surface area (Å²) in [6, 6.07) is 7.59. The first-order valence-corrected chi connectivity index (χ1v) is 8.03. The Bertz CT molecular complexity index is 979. The molecule has 3 rings (SSSR count). The molecule has 6 nitrogen and oxygen atoms in total. The molecule has 0 aliphatic carbocycles. The fraction of sp³-hybridized carbons (Fsp3) is 0.222. The van der Waals surface area contributed by atoms with Crippen molar-refractivity contribution < 1.29 is 24.0 Å². The number of halogens is 1. The first-order valence-electron chi connectivity index (χ1n) is 8.03. The van der Waals surface area contributed by atoms with Gasteiger partial charge in [-0.3, -0.25) is 9.55 Å². The van der Waals surface area contributed by atoms with Gasteiger partial charge in [0.15, 0.2) is 0 Å². The topological polar surface area (TPSA) is 84.6 Å². The monoisotopic (exact) mass is 356 g/mol. The molecule has 2 heterocycles. The van der Waals surface area contributed by atoms with Crippen LogP contribution in [-0.4, -0.2) is 38.4 Å². The van der Waals surface area contributed by atoms with Crippen molar-refractivity contribution in [3.05, 3.63) is 48.5 Å². The van der Waals surface area contributed by atoms with Gasteiger partial charge < -0.3 is 14.8 Å². The van der Waals surface area contributed by atoms with Gasteiger partial charge in [0.2, 0.25) is 0 Å². The van der Waals surface area contributed by atoms with E-state index in [1.165, 1.54) is 24.5 Å². The highest BCUT2D eigenvalue weighted by atomic mass is 19.1. The van der Waals surface area contributed by atoms with Crippen molar-refractivity contribution in [2.45, 2.75) is 26.4 Å². The average Bonchev–Trinajstić information content (AvgIpc) is 2.93. The van der Waals surface area contributed by atoms with E-state index >= 15 is 0 Å². The molecule has 0 atom stereocenters. The predicted octanol–water partition coefficient (Wildman–Crippen LogP) is 2.31. The van der Waals surface area contributed by atoms with E-state index in [9.17, 15) is 19.2 Å². The number of ether oxygens (including phenoxy) is 1. The quantitative estimate of drug-likeness (QED) is 0.689. The van der Waals surface area contributed by atoms with E-state index in [2.05, 4.69) is 4.98 Å². The fourth-order valence-electron chi connectivity index (χ4n) is 2.74. The number of carbonyl (C=O) groups is 1. The fourth-order valence-corrected chi connectivity index (χ4v) is 2.74. The molecule has 0 unspecified atom stereocenters. The van der Waals surface area contributed by atoms with E-state index in [1.54, 1.807) is 39.0 Å². The van der Waals surface area contributed by atoms with Crippen LogP contribution in [0, 0.1) is 5.82 Å². The number of benzene rings is 1. The molecular weight excluding hydrogens is 338 g/mol.